The van der Waals surface area contributed by atoms with Gasteiger partial charge in [0.05, 0.1) is 0 Å². The van der Waals surface area contributed by atoms with Crippen molar-refractivity contribution in [1.82, 2.24) is 0 Å². The molecule has 5 aromatic carbocycles. The molecule has 0 saturated heterocycles. The lowest BCUT2D eigenvalue weighted by Crippen LogP contribution is -2.29. The normalized spacial score (nSPS) is 11.6. The smallest absolute Gasteiger partial charge is 0.423 e. The second kappa shape index (κ2) is 5.31. The quantitative estimate of drug-likeness (QED) is 0.278. The summed E-state index contributed by atoms with van der Waals surface area (Å²) in [6.45, 7) is 0. The predicted octanol–water partition coefficient (Wildman–Crippen LogP) is 3.98. The molecule has 0 aliphatic rings. The molecule has 0 radical (unpaired) electrons. The Bertz CT molecular complexity index is 1280. The molecular formula is C22H15BO2. The van der Waals surface area contributed by atoms with Gasteiger partial charge in [-0.25, -0.2) is 0 Å². The summed E-state index contributed by atoms with van der Waals surface area (Å²) in [4.78, 5) is 0. The van der Waals surface area contributed by atoms with Gasteiger partial charge in [-0.3, -0.25) is 0 Å². The first-order chi connectivity index (χ1) is 12.2. The second-order valence-corrected chi connectivity index (χ2v) is 6.47. The fourth-order valence-corrected chi connectivity index (χ4v) is 3.82. The minimum Gasteiger partial charge on any atom is -0.423 e. The molecule has 0 heterocycles. The number of hydrogen-bond donors (Lipinski definition) is 2. The average molecular weight is 322 g/mol. The zero-order chi connectivity index (χ0) is 17.0. The van der Waals surface area contributed by atoms with E-state index in [4.69, 9.17) is 0 Å². The van der Waals surface area contributed by atoms with Crippen molar-refractivity contribution in [3.63, 3.8) is 0 Å². The van der Waals surface area contributed by atoms with Gasteiger partial charge in [-0.05, 0) is 60.7 Å². The summed E-state index contributed by atoms with van der Waals surface area (Å²) in [5.74, 6) is 0. The highest BCUT2D eigenvalue weighted by Gasteiger charge is 2.14. The molecule has 0 fully saturated rings. The zero-order valence-corrected chi connectivity index (χ0v) is 13.5. The van der Waals surface area contributed by atoms with E-state index in [1.54, 1.807) is 6.07 Å². The molecule has 2 nitrogen and oxygen atoms in total. The summed E-state index contributed by atoms with van der Waals surface area (Å²) in [5, 5.41) is 28.5. The van der Waals surface area contributed by atoms with Crippen LogP contribution >= 0.6 is 0 Å². The third kappa shape index (κ3) is 2.14. The van der Waals surface area contributed by atoms with Gasteiger partial charge in [0.2, 0.25) is 0 Å². The molecule has 5 aromatic rings. The molecule has 25 heavy (non-hydrogen) atoms. The molecule has 0 aromatic heterocycles. The SMILES string of the molecule is OB(O)c1ccc2c(c1)c1ccccc1c1cc3ccccc3cc21. The van der Waals surface area contributed by atoms with Crippen molar-refractivity contribution in [2.75, 3.05) is 0 Å². The van der Waals surface area contributed by atoms with Crippen molar-refractivity contribution in [3.8, 4) is 0 Å². The minimum atomic E-state index is -1.46. The van der Waals surface area contributed by atoms with Crippen LogP contribution in [-0.2, 0) is 0 Å². The van der Waals surface area contributed by atoms with Gasteiger partial charge >= 0.3 is 7.12 Å². The monoisotopic (exact) mass is 322 g/mol. The molecule has 0 amide bonds. The van der Waals surface area contributed by atoms with Gasteiger partial charge in [-0.15, -0.1) is 0 Å². The Morgan fingerprint density at radius 3 is 1.52 bits per heavy atom. The fourth-order valence-electron chi connectivity index (χ4n) is 3.82. The summed E-state index contributed by atoms with van der Waals surface area (Å²) in [6, 6.07) is 26.8. The third-order valence-electron chi connectivity index (χ3n) is 5.03. The summed E-state index contributed by atoms with van der Waals surface area (Å²) in [5.41, 5.74) is 0.512. The van der Waals surface area contributed by atoms with Crippen LogP contribution in [0.2, 0.25) is 0 Å². The van der Waals surface area contributed by atoms with Crippen molar-refractivity contribution >= 4 is 55.7 Å². The van der Waals surface area contributed by atoms with E-state index in [0.29, 0.717) is 5.46 Å². The van der Waals surface area contributed by atoms with Gasteiger partial charge in [0.1, 0.15) is 0 Å². The van der Waals surface area contributed by atoms with Gasteiger partial charge in [-0.1, -0.05) is 66.7 Å². The van der Waals surface area contributed by atoms with Crippen LogP contribution in [0.4, 0.5) is 0 Å². The molecule has 0 unspecified atom stereocenters. The van der Waals surface area contributed by atoms with Crippen LogP contribution in [0.3, 0.4) is 0 Å². The highest BCUT2D eigenvalue weighted by atomic mass is 16.4. The van der Waals surface area contributed by atoms with Crippen molar-refractivity contribution in [2.45, 2.75) is 0 Å². The minimum absolute atomic E-state index is 0.512. The summed E-state index contributed by atoms with van der Waals surface area (Å²) in [7, 11) is -1.46. The molecule has 0 aliphatic heterocycles. The van der Waals surface area contributed by atoms with Crippen LogP contribution in [0, 0.1) is 0 Å². The second-order valence-electron chi connectivity index (χ2n) is 6.47. The Labute approximate surface area is 145 Å². The van der Waals surface area contributed by atoms with E-state index >= 15 is 0 Å². The topological polar surface area (TPSA) is 40.5 Å². The Morgan fingerprint density at radius 1 is 0.480 bits per heavy atom. The van der Waals surface area contributed by atoms with Crippen molar-refractivity contribution in [3.05, 3.63) is 78.9 Å². The van der Waals surface area contributed by atoms with E-state index in [2.05, 4.69) is 48.5 Å². The highest BCUT2D eigenvalue weighted by Crippen LogP contribution is 2.36. The first kappa shape index (κ1) is 14.5. The van der Waals surface area contributed by atoms with E-state index in [1.165, 1.54) is 26.9 Å². The Kier molecular flexibility index (Phi) is 3.08. The third-order valence-corrected chi connectivity index (χ3v) is 5.03. The molecule has 0 atom stereocenters. The van der Waals surface area contributed by atoms with Gasteiger partial charge < -0.3 is 10.0 Å². The molecular weight excluding hydrogens is 307 g/mol. The van der Waals surface area contributed by atoms with E-state index in [9.17, 15) is 10.0 Å². The van der Waals surface area contributed by atoms with E-state index in [-0.39, 0.29) is 0 Å². The largest absolute Gasteiger partial charge is 0.488 e. The number of hydrogen-bond acceptors (Lipinski definition) is 2. The summed E-state index contributed by atoms with van der Waals surface area (Å²) in [6.07, 6.45) is 0. The molecule has 0 saturated carbocycles. The van der Waals surface area contributed by atoms with Crippen molar-refractivity contribution in [1.29, 1.82) is 0 Å². The van der Waals surface area contributed by atoms with Gasteiger partial charge in [0.25, 0.3) is 0 Å². The molecule has 0 bridgehead atoms. The number of benzene rings is 5. The zero-order valence-electron chi connectivity index (χ0n) is 13.5. The van der Waals surface area contributed by atoms with Crippen molar-refractivity contribution < 1.29 is 10.0 Å². The summed E-state index contributed by atoms with van der Waals surface area (Å²) < 4.78 is 0. The lowest BCUT2D eigenvalue weighted by Gasteiger charge is -2.13. The van der Waals surface area contributed by atoms with Crippen molar-refractivity contribution in [2.24, 2.45) is 0 Å². The molecule has 2 N–H and O–H groups in total. The van der Waals surface area contributed by atoms with Crippen LogP contribution in [0.1, 0.15) is 0 Å². The first-order valence-electron chi connectivity index (χ1n) is 8.35. The maximum absolute atomic E-state index is 9.57. The van der Waals surface area contributed by atoms with Crippen LogP contribution in [0.25, 0.3) is 43.1 Å². The van der Waals surface area contributed by atoms with Gasteiger partial charge in [-0.2, -0.15) is 0 Å². The number of fused-ring (bicyclic) bond motifs is 7. The van der Waals surface area contributed by atoms with Crippen LogP contribution in [0.5, 0.6) is 0 Å². The average Bonchev–Trinajstić information content (AvgIpc) is 2.66. The number of rotatable bonds is 1. The van der Waals surface area contributed by atoms with Crippen LogP contribution in [-0.4, -0.2) is 17.2 Å². The van der Waals surface area contributed by atoms with E-state index < -0.39 is 7.12 Å². The Balaban J connectivity index is 2.07. The molecule has 3 heteroatoms. The fraction of sp³-hybridized carbons (Fsp3) is 0. The molecule has 118 valence electrons. The lowest BCUT2D eigenvalue weighted by atomic mass is 9.78. The predicted molar refractivity (Wildman–Crippen MR) is 106 cm³/mol. The Morgan fingerprint density at radius 2 is 0.960 bits per heavy atom. The molecule has 0 aliphatic carbocycles. The standard InChI is InChI=1S/C22H15BO2/c24-23(25)16-9-10-19-21-12-15-6-2-1-5-14(15)11-20(21)17-7-3-4-8-18(17)22(19)13-16/h1-13,24-25H. The highest BCUT2D eigenvalue weighted by molar-refractivity contribution is 6.59. The van der Waals surface area contributed by atoms with Gasteiger partial charge in [0, 0.05) is 0 Å². The summed E-state index contributed by atoms with van der Waals surface area (Å²) >= 11 is 0. The first-order valence-corrected chi connectivity index (χ1v) is 8.35. The lowest BCUT2D eigenvalue weighted by molar-refractivity contribution is 0.426. The van der Waals surface area contributed by atoms with Gasteiger partial charge in [0.15, 0.2) is 0 Å². The molecule has 5 rings (SSSR count). The van der Waals surface area contributed by atoms with E-state index in [1.807, 2.05) is 24.3 Å². The van der Waals surface area contributed by atoms with Crippen LogP contribution < -0.4 is 5.46 Å². The van der Waals surface area contributed by atoms with Crippen LogP contribution in [0.15, 0.2) is 78.9 Å². The Hall–Kier alpha value is -2.88. The van der Waals surface area contributed by atoms with E-state index in [0.717, 1.165) is 16.2 Å². The maximum Gasteiger partial charge on any atom is 0.488 e. The maximum atomic E-state index is 9.57. The molecule has 0 spiro atoms.